The number of aryl methyl sites for hydroxylation is 1. The summed E-state index contributed by atoms with van der Waals surface area (Å²) in [4.78, 5) is 19.9. The zero-order valence-electron chi connectivity index (χ0n) is 14.3. The molecule has 0 spiro atoms. The van der Waals surface area contributed by atoms with E-state index in [0.29, 0.717) is 28.4 Å². The number of urea groups is 1. The molecule has 3 N–H and O–H groups in total. The first-order valence-corrected chi connectivity index (χ1v) is 8.16. The van der Waals surface area contributed by atoms with E-state index in [4.69, 9.17) is 5.73 Å². The number of carbonyl (C=O) groups is 1. The molecule has 134 valence electrons. The van der Waals surface area contributed by atoms with Crippen LogP contribution in [0.5, 0.6) is 0 Å². The van der Waals surface area contributed by atoms with Gasteiger partial charge in [0, 0.05) is 23.5 Å². The van der Waals surface area contributed by atoms with Crippen LogP contribution in [0.3, 0.4) is 0 Å². The minimum atomic E-state index is -0.703. The molecule has 3 heterocycles. The van der Waals surface area contributed by atoms with Gasteiger partial charge in [-0.15, -0.1) is 0 Å². The Labute approximate surface area is 153 Å². The summed E-state index contributed by atoms with van der Waals surface area (Å²) in [5.41, 5.74) is 9.19. The SMILES string of the molecule is Cc1cc(-c2nc3cccnn3c2-c2ccnc(NC(N)=O)c2)ccc1F. The van der Waals surface area contributed by atoms with Gasteiger partial charge in [-0.1, -0.05) is 0 Å². The standard InChI is InChI=1S/C19H15FN6O/c1-11-9-12(4-5-14(11)20)17-18(26-16(25-17)3-2-7-23-26)13-6-8-22-15(10-13)24-19(21)27/h2-10H,1H3,(H3,21,22,24,27). The second kappa shape index (κ2) is 6.49. The summed E-state index contributed by atoms with van der Waals surface area (Å²) in [6.45, 7) is 1.70. The van der Waals surface area contributed by atoms with Crippen LogP contribution in [0.4, 0.5) is 15.0 Å². The number of primary amides is 1. The van der Waals surface area contributed by atoms with Crippen molar-refractivity contribution in [2.75, 3.05) is 5.32 Å². The highest BCUT2D eigenvalue weighted by atomic mass is 19.1. The number of pyridine rings is 1. The summed E-state index contributed by atoms with van der Waals surface area (Å²) < 4.78 is 15.4. The number of nitrogens with zero attached hydrogens (tertiary/aromatic N) is 4. The summed E-state index contributed by atoms with van der Waals surface area (Å²) in [5.74, 6) is 0.0335. The van der Waals surface area contributed by atoms with E-state index >= 15 is 0 Å². The number of nitrogens with two attached hydrogens (primary N) is 1. The monoisotopic (exact) mass is 362 g/mol. The van der Waals surface area contributed by atoms with Crippen molar-refractivity contribution in [1.29, 1.82) is 0 Å². The molecular formula is C19H15FN6O. The Morgan fingerprint density at radius 3 is 2.78 bits per heavy atom. The Hall–Kier alpha value is -3.81. The smallest absolute Gasteiger partial charge is 0.317 e. The number of aromatic nitrogens is 4. The first-order chi connectivity index (χ1) is 13.0. The molecular weight excluding hydrogens is 347 g/mol. The quantitative estimate of drug-likeness (QED) is 0.583. The molecule has 0 bridgehead atoms. The first-order valence-electron chi connectivity index (χ1n) is 8.16. The predicted molar refractivity (Wildman–Crippen MR) is 99.6 cm³/mol. The summed E-state index contributed by atoms with van der Waals surface area (Å²) >= 11 is 0. The van der Waals surface area contributed by atoms with Gasteiger partial charge in [-0.05, 0) is 55.0 Å². The lowest BCUT2D eigenvalue weighted by molar-refractivity contribution is 0.259. The van der Waals surface area contributed by atoms with Gasteiger partial charge in [-0.25, -0.2) is 23.7 Å². The first kappa shape index (κ1) is 16.6. The predicted octanol–water partition coefficient (Wildman–Crippen LogP) is 3.40. The highest BCUT2D eigenvalue weighted by Crippen LogP contribution is 2.33. The van der Waals surface area contributed by atoms with Crippen LogP contribution in [0, 0.1) is 12.7 Å². The van der Waals surface area contributed by atoms with Crippen LogP contribution in [0.15, 0.2) is 54.9 Å². The highest BCUT2D eigenvalue weighted by molar-refractivity contribution is 5.88. The molecule has 27 heavy (non-hydrogen) atoms. The Morgan fingerprint density at radius 1 is 1.15 bits per heavy atom. The number of nitrogens with one attached hydrogen (secondary N) is 1. The lowest BCUT2D eigenvalue weighted by atomic mass is 10.0. The fourth-order valence-electron chi connectivity index (χ4n) is 2.91. The lowest BCUT2D eigenvalue weighted by Gasteiger charge is -2.08. The van der Waals surface area contributed by atoms with E-state index in [0.717, 1.165) is 11.1 Å². The third-order valence-corrected chi connectivity index (χ3v) is 4.11. The molecule has 0 saturated carbocycles. The molecule has 0 aliphatic carbocycles. The van der Waals surface area contributed by atoms with Crippen LogP contribution in [0.2, 0.25) is 0 Å². The molecule has 0 atom stereocenters. The zero-order valence-corrected chi connectivity index (χ0v) is 14.3. The maximum Gasteiger partial charge on any atom is 0.317 e. The Bertz CT molecular complexity index is 1170. The number of halogens is 1. The Balaban J connectivity index is 1.96. The third kappa shape index (κ3) is 3.08. The molecule has 0 saturated heterocycles. The van der Waals surface area contributed by atoms with E-state index in [1.54, 1.807) is 54.2 Å². The normalized spacial score (nSPS) is 10.9. The minimum Gasteiger partial charge on any atom is -0.351 e. The van der Waals surface area contributed by atoms with Crippen LogP contribution >= 0.6 is 0 Å². The van der Waals surface area contributed by atoms with Gasteiger partial charge >= 0.3 is 6.03 Å². The van der Waals surface area contributed by atoms with Crippen molar-refractivity contribution in [1.82, 2.24) is 19.6 Å². The van der Waals surface area contributed by atoms with E-state index in [1.165, 1.54) is 6.07 Å². The summed E-state index contributed by atoms with van der Waals surface area (Å²) in [5, 5.41) is 6.84. The lowest BCUT2D eigenvalue weighted by Crippen LogP contribution is -2.19. The fraction of sp³-hybridized carbons (Fsp3) is 0.0526. The highest BCUT2D eigenvalue weighted by Gasteiger charge is 2.18. The molecule has 4 rings (SSSR count). The van der Waals surface area contributed by atoms with Crippen molar-refractivity contribution in [3.8, 4) is 22.5 Å². The van der Waals surface area contributed by atoms with Gasteiger partial charge in [-0.2, -0.15) is 5.10 Å². The van der Waals surface area contributed by atoms with Gasteiger partial charge in [0.15, 0.2) is 5.65 Å². The molecule has 1 aromatic carbocycles. The van der Waals surface area contributed by atoms with Crippen molar-refractivity contribution in [2.45, 2.75) is 6.92 Å². The molecule has 0 aliphatic heterocycles. The number of fused-ring (bicyclic) bond motifs is 1. The van der Waals surface area contributed by atoms with Crippen molar-refractivity contribution < 1.29 is 9.18 Å². The van der Waals surface area contributed by atoms with Crippen LogP contribution in [0.25, 0.3) is 28.2 Å². The van der Waals surface area contributed by atoms with Crippen LogP contribution < -0.4 is 11.1 Å². The van der Waals surface area contributed by atoms with E-state index < -0.39 is 6.03 Å². The molecule has 0 unspecified atom stereocenters. The number of hydrogen-bond donors (Lipinski definition) is 2. The molecule has 0 radical (unpaired) electrons. The fourth-order valence-corrected chi connectivity index (χ4v) is 2.91. The number of benzene rings is 1. The van der Waals surface area contributed by atoms with E-state index in [2.05, 4.69) is 20.4 Å². The average molecular weight is 362 g/mol. The summed E-state index contributed by atoms with van der Waals surface area (Å²) in [7, 11) is 0. The van der Waals surface area contributed by atoms with Gasteiger partial charge in [0.1, 0.15) is 17.3 Å². The van der Waals surface area contributed by atoms with Gasteiger partial charge in [-0.3, -0.25) is 5.32 Å². The van der Waals surface area contributed by atoms with Crippen LogP contribution in [-0.4, -0.2) is 25.6 Å². The van der Waals surface area contributed by atoms with Crippen LogP contribution in [0.1, 0.15) is 5.56 Å². The Morgan fingerprint density at radius 2 is 2.00 bits per heavy atom. The third-order valence-electron chi connectivity index (χ3n) is 4.11. The topological polar surface area (TPSA) is 98.2 Å². The minimum absolute atomic E-state index is 0.279. The van der Waals surface area contributed by atoms with Crippen LogP contribution in [-0.2, 0) is 0 Å². The van der Waals surface area contributed by atoms with E-state index in [-0.39, 0.29) is 5.82 Å². The number of amides is 2. The molecule has 7 nitrogen and oxygen atoms in total. The van der Waals surface area contributed by atoms with Gasteiger partial charge in [0.2, 0.25) is 0 Å². The van der Waals surface area contributed by atoms with Crippen molar-refractivity contribution in [2.24, 2.45) is 5.73 Å². The van der Waals surface area contributed by atoms with E-state index in [9.17, 15) is 9.18 Å². The van der Waals surface area contributed by atoms with Crippen molar-refractivity contribution in [3.63, 3.8) is 0 Å². The molecule has 8 heteroatoms. The maximum absolute atomic E-state index is 13.7. The molecule has 4 aromatic rings. The maximum atomic E-state index is 13.7. The van der Waals surface area contributed by atoms with Gasteiger partial charge < -0.3 is 5.73 Å². The second-order valence-corrected chi connectivity index (χ2v) is 5.99. The molecule has 0 fully saturated rings. The number of rotatable bonds is 3. The van der Waals surface area contributed by atoms with Crippen molar-refractivity contribution in [3.05, 3.63) is 66.2 Å². The number of carbonyl (C=O) groups excluding carboxylic acids is 1. The molecule has 0 aliphatic rings. The van der Waals surface area contributed by atoms with Gasteiger partial charge in [0.25, 0.3) is 0 Å². The molecule has 3 aromatic heterocycles. The summed E-state index contributed by atoms with van der Waals surface area (Å²) in [6, 6.07) is 11.2. The van der Waals surface area contributed by atoms with Gasteiger partial charge in [0.05, 0.1) is 5.69 Å². The van der Waals surface area contributed by atoms with E-state index in [1.807, 2.05) is 6.07 Å². The number of hydrogen-bond acceptors (Lipinski definition) is 4. The largest absolute Gasteiger partial charge is 0.351 e. The Kier molecular flexibility index (Phi) is 4.00. The zero-order chi connectivity index (χ0) is 19.0. The second-order valence-electron chi connectivity index (χ2n) is 5.99. The molecule has 2 amide bonds. The van der Waals surface area contributed by atoms with Crippen molar-refractivity contribution >= 4 is 17.5 Å². The average Bonchev–Trinajstić information content (AvgIpc) is 3.03. The summed E-state index contributed by atoms with van der Waals surface area (Å²) in [6.07, 6.45) is 3.21. The number of anilines is 1. The number of imidazole rings is 1.